The van der Waals surface area contributed by atoms with Gasteiger partial charge in [0.05, 0.1) is 17.2 Å². The third kappa shape index (κ3) is 7.03. The van der Waals surface area contributed by atoms with Crippen molar-refractivity contribution in [2.75, 3.05) is 30.5 Å². The average molecular weight is 542 g/mol. The molecule has 3 aromatic rings. The lowest BCUT2D eigenvalue weighted by Crippen LogP contribution is -2.40. The zero-order valence-electron chi connectivity index (χ0n) is 20.9. The molecule has 1 saturated heterocycles. The molecular formula is C28H32ClN3O4S. The third-order valence-electron chi connectivity index (χ3n) is 6.31. The summed E-state index contributed by atoms with van der Waals surface area (Å²) in [6.45, 7) is 5.33. The Morgan fingerprint density at radius 2 is 1.62 bits per heavy atom. The summed E-state index contributed by atoms with van der Waals surface area (Å²) in [5.41, 5.74) is 2.56. The van der Waals surface area contributed by atoms with Crippen LogP contribution < -0.4 is 14.4 Å². The minimum absolute atomic E-state index is 0.0505. The molecule has 1 aliphatic heterocycles. The number of carbonyl (C=O) groups is 1. The number of sulfonamides is 1. The molecule has 1 N–H and O–H groups in total. The molecule has 0 aromatic heterocycles. The van der Waals surface area contributed by atoms with Crippen molar-refractivity contribution in [2.24, 2.45) is 0 Å². The number of amides is 1. The standard InChI is InChI=1S/C28H32ClN3O4S/c1-2-36-26-13-11-25(12-14-26)32(37(34,35)27-15-9-24(29)10-16-27)21-28(33)30-19-22-7-3-4-8-23(22)20-31-17-5-6-18-31/h3-4,7-16H,2,5-6,17-21H2,1H3,(H,30,33). The van der Waals surface area contributed by atoms with Crippen LogP contribution in [0.5, 0.6) is 5.75 Å². The third-order valence-corrected chi connectivity index (χ3v) is 8.35. The Balaban J connectivity index is 1.52. The van der Waals surface area contributed by atoms with Gasteiger partial charge in [-0.25, -0.2) is 8.42 Å². The zero-order valence-corrected chi connectivity index (χ0v) is 22.5. The highest BCUT2D eigenvalue weighted by molar-refractivity contribution is 7.92. The molecule has 0 saturated carbocycles. The highest BCUT2D eigenvalue weighted by Crippen LogP contribution is 2.26. The first kappa shape index (κ1) is 27.0. The van der Waals surface area contributed by atoms with Crippen LogP contribution in [0.25, 0.3) is 0 Å². The van der Waals surface area contributed by atoms with E-state index >= 15 is 0 Å². The van der Waals surface area contributed by atoms with Gasteiger partial charge in [0.15, 0.2) is 0 Å². The summed E-state index contributed by atoms with van der Waals surface area (Å²) in [7, 11) is -4.03. The van der Waals surface area contributed by atoms with Gasteiger partial charge in [0.1, 0.15) is 12.3 Å². The predicted molar refractivity (Wildman–Crippen MR) is 146 cm³/mol. The summed E-state index contributed by atoms with van der Waals surface area (Å²) in [6, 6.07) is 20.6. The summed E-state index contributed by atoms with van der Waals surface area (Å²) in [4.78, 5) is 15.5. The number of ether oxygens (including phenoxy) is 1. The smallest absolute Gasteiger partial charge is 0.264 e. The van der Waals surface area contributed by atoms with Crippen molar-refractivity contribution in [3.63, 3.8) is 0 Å². The first-order chi connectivity index (χ1) is 17.9. The van der Waals surface area contributed by atoms with E-state index in [-0.39, 0.29) is 11.4 Å². The molecule has 0 unspecified atom stereocenters. The van der Waals surface area contributed by atoms with Gasteiger partial charge in [0, 0.05) is 18.1 Å². The van der Waals surface area contributed by atoms with E-state index in [0.717, 1.165) is 29.5 Å². The van der Waals surface area contributed by atoms with Crippen molar-refractivity contribution < 1.29 is 17.9 Å². The average Bonchev–Trinajstić information content (AvgIpc) is 3.41. The Morgan fingerprint density at radius 3 is 2.27 bits per heavy atom. The van der Waals surface area contributed by atoms with E-state index in [4.69, 9.17) is 16.3 Å². The van der Waals surface area contributed by atoms with Crippen molar-refractivity contribution in [2.45, 2.75) is 37.8 Å². The van der Waals surface area contributed by atoms with Crippen molar-refractivity contribution >= 4 is 33.2 Å². The summed E-state index contributed by atoms with van der Waals surface area (Å²) < 4.78 is 33.8. The van der Waals surface area contributed by atoms with Crippen molar-refractivity contribution in [3.8, 4) is 5.75 Å². The molecule has 0 aliphatic carbocycles. The number of hydrogen-bond donors (Lipinski definition) is 1. The lowest BCUT2D eigenvalue weighted by Gasteiger charge is -2.24. The fraction of sp³-hybridized carbons (Fsp3) is 0.321. The number of anilines is 1. The van der Waals surface area contributed by atoms with Crippen molar-refractivity contribution in [3.05, 3.63) is 88.9 Å². The fourth-order valence-corrected chi connectivity index (χ4v) is 5.92. The second-order valence-corrected chi connectivity index (χ2v) is 11.2. The normalized spacial score (nSPS) is 13.9. The Kier molecular flexibility index (Phi) is 9.08. The number of likely N-dealkylation sites (tertiary alicyclic amines) is 1. The first-order valence-electron chi connectivity index (χ1n) is 12.4. The molecule has 1 amide bonds. The highest BCUT2D eigenvalue weighted by atomic mass is 35.5. The van der Waals surface area contributed by atoms with Crippen LogP contribution in [-0.4, -0.2) is 45.5 Å². The second-order valence-electron chi connectivity index (χ2n) is 8.92. The Bertz CT molecular complexity index is 1290. The van der Waals surface area contributed by atoms with E-state index < -0.39 is 15.9 Å². The molecule has 0 spiro atoms. The maximum absolute atomic E-state index is 13.6. The molecular weight excluding hydrogens is 510 g/mol. The number of halogens is 1. The highest BCUT2D eigenvalue weighted by Gasteiger charge is 2.27. The maximum atomic E-state index is 13.6. The maximum Gasteiger partial charge on any atom is 0.264 e. The van der Waals surface area contributed by atoms with E-state index in [1.165, 1.54) is 42.7 Å². The molecule has 37 heavy (non-hydrogen) atoms. The molecule has 1 fully saturated rings. The van der Waals surface area contributed by atoms with Crippen LogP contribution >= 0.6 is 11.6 Å². The van der Waals surface area contributed by atoms with E-state index in [2.05, 4.69) is 16.3 Å². The first-order valence-corrected chi connectivity index (χ1v) is 14.3. The second kappa shape index (κ2) is 12.4. The fourth-order valence-electron chi connectivity index (χ4n) is 4.37. The van der Waals surface area contributed by atoms with Gasteiger partial charge in [-0.1, -0.05) is 35.9 Å². The number of benzene rings is 3. The van der Waals surface area contributed by atoms with Crippen LogP contribution in [0.4, 0.5) is 5.69 Å². The Hall–Kier alpha value is -3.07. The number of hydrogen-bond acceptors (Lipinski definition) is 5. The number of nitrogens with zero attached hydrogens (tertiary/aromatic N) is 2. The van der Waals surface area contributed by atoms with Crippen LogP contribution in [-0.2, 0) is 27.9 Å². The summed E-state index contributed by atoms with van der Waals surface area (Å²) in [5, 5.41) is 3.35. The molecule has 0 bridgehead atoms. The largest absolute Gasteiger partial charge is 0.494 e. The van der Waals surface area contributed by atoms with Gasteiger partial charge < -0.3 is 10.1 Å². The van der Waals surface area contributed by atoms with Crippen LogP contribution in [0.3, 0.4) is 0 Å². The van der Waals surface area contributed by atoms with E-state index in [1.54, 1.807) is 24.3 Å². The minimum Gasteiger partial charge on any atom is -0.494 e. The zero-order chi connectivity index (χ0) is 26.3. The molecule has 196 valence electrons. The van der Waals surface area contributed by atoms with Gasteiger partial charge in [0.25, 0.3) is 10.0 Å². The quantitative estimate of drug-likeness (QED) is 0.375. The van der Waals surface area contributed by atoms with Crippen LogP contribution in [0, 0.1) is 0 Å². The molecule has 0 radical (unpaired) electrons. The van der Waals surface area contributed by atoms with Gasteiger partial charge in [0.2, 0.25) is 5.91 Å². The summed E-state index contributed by atoms with van der Waals surface area (Å²) in [5.74, 6) is 0.219. The summed E-state index contributed by atoms with van der Waals surface area (Å²) >= 11 is 5.97. The number of nitrogens with one attached hydrogen (secondary N) is 1. The van der Waals surface area contributed by atoms with Crippen molar-refractivity contribution in [1.29, 1.82) is 0 Å². The monoisotopic (exact) mass is 541 g/mol. The Labute approximate surface area is 224 Å². The van der Waals surface area contributed by atoms with E-state index in [0.29, 0.717) is 29.6 Å². The van der Waals surface area contributed by atoms with Crippen LogP contribution in [0.1, 0.15) is 30.9 Å². The van der Waals surface area contributed by atoms with E-state index in [9.17, 15) is 13.2 Å². The molecule has 1 heterocycles. The van der Waals surface area contributed by atoms with Gasteiger partial charge >= 0.3 is 0 Å². The van der Waals surface area contributed by atoms with Crippen LogP contribution in [0.2, 0.25) is 5.02 Å². The van der Waals surface area contributed by atoms with Crippen LogP contribution in [0.15, 0.2) is 77.7 Å². The van der Waals surface area contributed by atoms with Gasteiger partial charge in [-0.05, 0) is 92.5 Å². The SMILES string of the molecule is CCOc1ccc(N(CC(=O)NCc2ccccc2CN2CCCC2)S(=O)(=O)c2ccc(Cl)cc2)cc1. The molecule has 1 aliphatic rings. The number of rotatable bonds is 11. The molecule has 3 aromatic carbocycles. The molecule has 4 rings (SSSR count). The minimum atomic E-state index is -4.03. The van der Waals surface area contributed by atoms with Gasteiger partial charge in [-0.15, -0.1) is 0 Å². The lowest BCUT2D eigenvalue weighted by molar-refractivity contribution is -0.119. The van der Waals surface area contributed by atoms with Gasteiger partial charge in [-0.3, -0.25) is 14.0 Å². The molecule has 0 atom stereocenters. The lowest BCUT2D eigenvalue weighted by atomic mass is 10.1. The Morgan fingerprint density at radius 1 is 0.973 bits per heavy atom. The van der Waals surface area contributed by atoms with E-state index in [1.807, 2.05) is 25.1 Å². The number of carbonyl (C=O) groups excluding carboxylic acids is 1. The summed E-state index contributed by atoms with van der Waals surface area (Å²) in [6.07, 6.45) is 2.42. The molecule has 7 nitrogen and oxygen atoms in total. The topological polar surface area (TPSA) is 79.0 Å². The predicted octanol–water partition coefficient (Wildman–Crippen LogP) is 4.85. The molecule has 9 heteroatoms. The van der Waals surface area contributed by atoms with Gasteiger partial charge in [-0.2, -0.15) is 0 Å². The van der Waals surface area contributed by atoms with Crippen molar-refractivity contribution in [1.82, 2.24) is 10.2 Å².